The third kappa shape index (κ3) is 6.61. The molecule has 0 saturated carbocycles. The molecular formula is C11H15BrN2O3S. The lowest BCUT2D eigenvalue weighted by molar-refractivity contribution is -0.137. The Balaban J connectivity index is 2.05. The molecule has 1 aromatic heterocycles. The lowest BCUT2D eigenvalue weighted by Gasteiger charge is -2.06. The van der Waals surface area contributed by atoms with Gasteiger partial charge in [0.1, 0.15) is 0 Å². The minimum absolute atomic E-state index is 0.0729. The summed E-state index contributed by atoms with van der Waals surface area (Å²) in [4.78, 5) is 22.8. The van der Waals surface area contributed by atoms with Crippen molar-refractivity contribution in [2.45, 2.75) is 19.3 Å². The highest BCUT2D eigenvalue weighted by Gasteiger charge is 2.02. The molecule has 0 unspecified atom stereocenters. The number of urea groups is 1. The second-order valence-electron chi connectivity index (χ2n) is 3.64. The monoisotopic (exact) mass is 334 g/mol. The van der Waals surface area contributed by atoms with E-state index < -0.39 is 5.97 Å². The van der Waals surface area contributed by atoms with Gasteiger partial charge in [0.25, 0.3) is 0 Å². The van der Waals surface area contributed by atoms with Crippen LogP contribution in [0.3, 0.4) is 0 Å². The zero-order valence-electron chi connectivity index (χ0n) is 9.74. The standard InChI is InChI=1S/C11H15BrN2O3S/c12-9-4-3-8(18-9)5-7-14-11(17)13-6-1-2-10(15)16/h3-4H,1-2,5-7H2,(H,15,16)(H2,13,14,17). The number of aliphatic carboxylic acids is 1. The van der Waals surface area contributed by atoms with Crippen molar-refractivity contribution >= 4 is 39.3 Å². The molecule has 7 heteroatoms. The van der Waals surface area contributed by atoms with Gasteiger partial charge in [0.2, 0.25) is 0 Å². The number of carbonyl (C=O) groups is 2. The van der Waals surface area contributed by atoms with E-state index >= 15 is 0 Å². The fourth-order valence-electron chi connectivity index (χ4n) is 1.29. The van der Waals surface area contributed by atoms with E-state index in [9.17, 15) is 9.59 Å². The van der Waals surface area contributed by atoms with Crippen LogP contribution in [-0.4, -0.2) is 30.2 Å². The molecule has 0 saturated heterocycles. The maximum absolute atomic E-state index is 11.3. The molecule has 0 atom stereocenters. The third-order valence-electron chi connectivity index (χ3n) is 2.14. The van der Waals surface area contributed by atoms with Crippen LogP contribution >= 0.6 is 27.3 Å². The van der Waals surface area contributed by atoms with Crippen LogP contribution in [0.2, 0.25) is 0 Å². The number of amides is 2. The largest absolute Gasteiger partial charge is 0.481 e. The molecule has 3 N–H and O–H groups in total. The van der Waals surface area contributed by atoms with Crippen molar-refractivity contribution in [2.75, 3.05) is 13.1 Å². The van der Waals surface area contributed by atoms with Gasteiger partial charge in [-0.15, -0.1) is 11.3 Å². The van der Waals surface area contributed by atoms with Gasteiger partial charge in [-0.2, -0.15) is 0 Å². The van der Waals surface area contributed by atoms with Crippen molar-refractivity contribution in [3.63, 3.8) is 0 Å². The molecule has 0 radical (unpaired) electrons. The topological polar surface area (TPSA) is 78.4 Å². The van der Waals surface area contributed by atoms with Gasteiger partial charge in [0.15, 0.2) is 0 Å². The molecule has 0 aliphatic carbocycles. The van der Waals surface area contributed by atoms with E-state index in [0.717, 1.165) is 10.2 Å². The highest BCUT2D eigenvalue weighted by atomic mass is 79.9. The highest BCUT2D eigenvalue weighted by Crippen LogP contribution is 2.21. The first-order valence-corrected chi connectivity index (χ1v) is 7.16. The average Bonchev–Trinajstić information content (AvgIpc) is 2.70. The number of hydrogen-bond donors (Lipinski definition) is 3. The second kappa shape index (κ2) is 8.10. The summed E-state index contributed by atoms with van der Waals surface area (Å²) in [7, 11) is 0. The summed E-state index contributed by atoms with van der Waals surface area (Å²) in [6.07, 6.45) is 1.31. The minimum Gasteiger partial charge on any atom is -0.481 e. The van der Waals surface area contributed by atoms with Crippen molar-refractivity contribution in [2.24, 2.45) is 0 Å². The molecule has 0 fully saturated rings. The molecule has 0 aliphatic heterocycles. The number of carboxylic acid groups (broad SMARTS) is 1. The number of nitrogens with one attached hydrogen (secondary N) is 2. The van der Waals surface area contributed by atoms with Crippen LogP contribution in [0, 0.1) is 0 Å². The van der Waals surface area contributed by atoms with Gasteiger partial charge in [-0.25, -0.2) is 4.79 Å². The molecule has 0 spiro atoms. The summed E-state index contributed by atoms with van der Waals surface area (Å²) in [6.45, 7) is 0.945. The van der Waals surface area contributed by atoms with E-state index in [-0.39, 0.29) is 12.5 Å². The number of thiophene rings is 1. The van der Waals surface area contributed by atoms with Crippen LogP contribution in [0.25, 0.3) is 0 Å². The van der Waals surface area contributed by atoms with Crippen molar-refractivity contribution < 1.29 is 14.7 Å². The second-order valence-corrected chi connectivity index (χ2v) is 6.18. The predicted molar refractivity (Wildman–Crippen MR) is 74.0 cm³/mol. The molecule has 1 heterocycles. The summed E-state index contributed by atoms with van der Waals surface area (Å²) in [5.41, 5.74) is 0. The summed E-state index contributed by atoms with van der Waals surface area (Å²) in [6, 6.07) is 3.74. The quantitative estimate of drug-likeness (QED) is 0.669. The number of carbonyl (C=O) groups excluding carboxylic acids is 1. The first-order chi connectivity index (χ1) is 8.58. The Morgan fingerprint density at radius 1 is 1.28 bits per heavy atom. The van der Waals surface area contributed by atoms with Crippen LogP contribution in [0.1, 0.15) is 17.7 Å². The zero-order valence-corrected chi connectivity index (χ0v) is 12.1. The number of hydrogen-bond acceptors (Lipinski definition) is 3. The van der Waals surface area contributed by atoms with E-state index in [4.69, 9.17) is 5.11 Å². The first kappa shape index (κ1) is 15.0. The fraction of sp³-hybridized carbons (Fsp3) is 0.455. The smallest absolute Gasteiger partial charge is 0.314 e. The van der Waals surface area contributed by atoms with Crippen LogP contribution in [0.4, 0.5) is 4.79 Å². The highest BCUT2D eigenvalue weighted by molar-refractivity contribution is 9.11. The molecule has 2 amide bonds. The predicted octanol–water partition coefficient (Wildman–Crippen LogP) is 2.22. The molecular weight excluding hydrogens is 320 g/mol. The molecule has 100 valence electrons. The normalized spacial score (nSPS) is 10.1. The van der Waals surface area contributed by atoms with E-state index in [0.29, 0.717) is 19.5 Å². The van der Waals surface area contributed by atoms with Gasteiger partial charge in [-0.05, 0) is 40.9 Å². The average molecular weight is 335 g/mol. The number of carboxylic acids is 1. The lowest BCUT2D eigenvalue weighted by Crippen LogP contribution is -2.37. The summed E-state index contributed by atoms with van der Waals surface area (Å²) in [5, 5.41) is 13.7. The van der Waals surface area contributed by atoms with Gasteiger partial charge >= 0.3 is 12.0 Å². The number of halogens is 1. The zero-order chi connectivity index (χ0) is 13.4. The lowest BCUT2D eigenvalue weighted by atomic mass is 10.3. The van der Waals surface area contributed by atoms with E-state index in [1.54, 1.807) is 11.3 Å². The number of rotatable bonds is 7. The maximum atomic E-state index is 11.3. The fourth-order valence-corrected chi connectivity index (χ4v) is 2.77. The molecule has 0 bridgehead atoms. The van der Waals surface area contributed by atoms with Crippen LogP contribution in [-0.2, 0) is 11.2 Å². The third-order valence-corrected chi connectivity index (χ3v) is 3.82. The molecule has 1 rings (SSSR count). The van der Waals surface area contributed by atoms with E-state index in [1.807, 2.05) is 12.1 Å². The first-order valence-electron chi connectivity index (χ1n) is 5.55. The van der Waals surface area contributed by atoms with Crippen molar-refractivity contribution in [3.05, 3.63) is 20.8 Å². The summed E-state index contributed by atoms with van der Waals surface area (Å²) in [5.74, 6) is -0.847. The summed E-state index contributed by atoms with van der Waals surface area (Å²) >= 11 is 5.02. The maximum Gasteiger partial charge on any atom is 0.314 e. The van der Waals surface area contributed by atoms with E-state index in [1.165, 1.54) is 4.88 Å². The van der Waals surface area contributed by atoms with Gasteiger partial charge in [-0.3, -0.25) is 4.79 Å². The van der Waals surface area contributed by atoms with Crippen molar-refractivity contribution in [1.82, 2.24) is 10.6 Å². The minimum atomic E-state index is -0.847. The van der Waals surface area contributed by atoms with Gasteiger partial charge in [-0.1, -0.05) is 0 Å². The van der Waals surface area contributed by atoms with Crippen molar-refractivity contribution in [1.29, 1.82) is 0 Å². The molecule has 0 aromatic carbocycles. The van der Waals surface area contributed by atoms with Gasteiger partial charge in [0, 0.05) is 24.4 Å². The van der Waals surface area contributed by atoms with Crippen LogP contribution < -0.4 is 10.6 Å². The summed E-state index contributed by atoms with van der Waals surface area (Å²) < 4.78 is 1.08. The Hall–Kier alpha value is -1.08. The Labute approximate surface area is 118 Å². The van der Waals surface area contributed by atoms with Gasteiger partial charge < -0.3 is 15.7 Å². The van der Waals surface area contributed by atoms with Crippen LogP contribution in [0.5, 0.6) is 0 Å². The Morgan fingerprint density at radius 2 is 2.00 bits per heavy atom. The molecule has 1 aromatic rings. The van der Waals surface area contributed by atoms with Gasteiger partial charge in [0.05, 0.1) is 3.79 Å². The van der Waals surface area contributed by atoms with Crippen molar-refractivity contribution in [3.8, 4) is 0 Å². The van der Waals surface area contributed by atoms with E-state index in [2.05, 4.69) is 26.6 Å². The molecule has 0 aliphatic rings. The molecule has 5 nitrogen and oxygen atoms in total. The Kier molecular flexibility index (Phi) is 6.74. The molecule has 18 heavy (non-hydrogen) atoms. The Morgan fingerprint density at radius 3 is 2.61 bits per heavy atom. The Bertz CT molecular complexity index is 409. The SMILES string of the molecule is O=C(O)CCCNC(=O)NCCc1ccc(Br)s1. The van der Waals surface area contributed by atoms with Crippen LogP contribution in [0.15, 0.2) is 15.9 Å².